The predicted octanol–water partition coefficient (Wildman–Crippen LogP) is 3.12. The van der Waals surface area contributed by atoms with Gasteiger partial charge in [-0.1, -0.05) is 34.6 Å². The van der Waals surface area contributed by atoms with Crippen molar-refractivity contribution in [1.82, 2.24) is 10.3 Å². The Morgan fingerprint density at radius 1 is 1.32 bits per heavy atom. The molecule has 1 unspecified atom stereocenters. The van der Waals surface area contributed by atoms with Crippen LogP contribution in [0.2, 0.25) is 0 Å². The van der Waals surface area contributed by atoms with Crippen LogP contribution in [-0.2, 0) is 11.8 Å². The fourth-order valence-electron chi connectivity index (χ4n) is 1.78. The summed E-state index contributed by atoms with van der Waals surface area (Å²) >= 11 is 1.65. The van der Waals surface area contributed by atoms with E-state index in [0.29, 0.717) is 12.5 Å². The largest absolute Gasteiger partial charge is 0.390 e. The van der Waals surface area contributed by atoms with E-state index in [4.69, 9.17) is 0 Å². The molecule has 1 aromatic heterocycles. The van der Waals surface area contributed by atoms with Gasteiger partial charge in [-0.25, -0.2) is 4.98 Å². The van der Waals surface area contributed by atoms with E-state index < -0.39 is 5.60 Å². The summed E-state index contributed by atoms with van der Waals surface area (Å²) in [5.41, 5.74) is 0.512. The van der Waals surface area contributed by atoms with Crippen LogP contribution in [0.3, 0.4) is 0 Å². The van der Waals surface area contributed by atoms with Gasteiger partial charge in [0.2, 0.25) is 0 Å². The highest BCUT2D eigenvalue weighted by Crippen LogP contribution is 2.26. The van der Waals surface area contributed by atoms with E-state index in [-0.39, 0.29) is 5.41 Å². The molecule has 0 fully saturated rings. The topological polar surface area (TPSA) is 45.1 Å². The zero-order valence-corrected chi connectivity index (χ0v) is 13.9. The van der Waals surface area contributed by atoms with E-state index in [0.717, 1.165) is 23.7 Å². The standard InChI is InChI=1S/C15H28N2OS/c1-11(2)16-8-7-15(6,18)9-13-17-12(10-19-13)14(3,4)5/h10-11,16,18H,7-9H2,1-6H3. The molecule has 0 radical (unpaired) electrons. The first-order valence-electron chi connectivity index (χ1n) is 7.01. The summed E-state index contributed by atoms with van der Waals surface area (Å²) in [7, 11) is 0. The Morgan fingerprint density at radius 2 is 1.95 bits per heavy atom. The molecule has 0 aromatic carbocycles. The molecule has 110 valence electrons. The monoisotopic (exact) mass is 284 g/mol. The molecule has 4 heteroatoms. The van der Waals surface area contributed by atoms with Crippen LogP contribution in [-0.4, -0.2) is 28.3 Å². The molecular formula is C15H28N2OS. The summed E-state index contributed by atoms with van der Waals surface area (Å²) in [5.74, 6) is 0. The Kier molecular flexibility index (Phi) is 5.53. The number of rotatable bonds is 6. The summed E-state index contributed by atoms with van der Waals surface area (Å²) < 4.78 is 0. The quantitative estimate of drug-likeness (QED) is 0.843. The molecule has 0 amide bonds. The Balaban J connectivity index is 2.55. The van der Waals surface area contributed by atoms with E-state index in [1.54, 1.807) is 11.3 Å². The molecule has 0 spiro atoms. The molecule has 19 heavy (non-hydrogen) atoms. The molecule has 1 atom stereocenters. The van der Waals surface area contributed by atoms with Gasteiger partial charge in [0.25, 0.3) is 0 Å². The average molecular weight is 284 g/mol. The Labute approximate surface area is 121 Å². The molecule has 0 aliphatic rings. The van der Waals surface area contributed by atoms with Crippen molar-refractivity contribution in [1.29, 1.82) is 0 Å². The van der Waals surface area contributed by atoms with Crippen LogP contribution in [0.15, 0.2) is 5.38 Å². The average Bonchev–Trinajstić information content (AvgIpc) is 2.63. The van der Waals surface area contributed by atoms with Crippen LogP contribution in [0.25, 0.3) is 0 Å². The lowest BCUT2D eigenvalue weighted by molar-refractivity contribution is 0.0510. The number of hydrogen-bond acceptors (Lipinski definition) is 4. The van der Waals surface area contributed by atoms with Crippen molar-refractivity contribution in [3.8, 4) is 0 Å². The molecular weight excluding hydrogens is 256 g/mol. The van der Waals surface area contributed by atoms with Gasteiger partial charge in [-0.05, 0) is 19.9 Å². The van der Waals surface area contributed by atoms with Gasteiger partial charge in [0.15, 0.2) is 0 Å². The SMILES string of the molecule is CC(C)NCCC(C)(O)Cc1nc(C(C)(C)C)cs1. The molecule has 0 aliphatic carbocycles. The maximum Gasteiger partial charge on any atom is 0.0957 e. The third kappa shape index (κ3) is 6.02. The first-order chi connectivity index (χ1) is 8.60. The summed E-state index contributed by atoms with van der Waals surface area (Å²) in [4.78, 5) is 4.65. The molecule has 0 saturated heterocycles. The first-order valence-corrected chi connectivity index (χ1v) is 7.89. The fourth-order valence-corrected chi connectivity index (χ4v) is 2.98. The van der Waals surface area contributed by atoms with E-state index in [2.05, 4.69) is 50.3 Å². The van der Waals surface area contributed by atoms with Gasteiger partial charge in [0, 0.05) is 23.3 Å². The van der Waals surface area contributed by atoms with Crippen molar-refractivity contribution in [3.63, 3.8) is 0 Å². The minimum Gasteiger partial charge on any atom is -0.390 e. The van der Waals surface area contributed by atoms with Gasteiger partial charge in [-0.2, -0.15) is 0 Å². The Bertz CT molecular complexity index is 391. The van der Waals surface area contributed by atoms with E-state index in [1.165, 1.54) is 0 Å². The highest BCUT2D eigenvalue weighted by molar-refractivity contribution is 7.09. The molecule has 2 N–H and O–H groups in total. The number of hydrogen-bond donors (Lipinski definition) is 2. The maximum atomic E-state index is 10.4. The van der Waals surface area contributed by atoms with Crippen molar-refractivity contribution in [2.24, 2.45) is 0 Å². The van der Waals surface area contributed by atoms with Gasteiger partial charge in [0.1, 0.15) is 0 Å². The smallest absolute Gasteiger partial charge is 0.0957 e. The zero-order valence-electron chi connectivity index (χ0n) is 13.1. The molecule has 0 bridgehead atoms. The van der Waals surface area contributed by atoms with Gasteiger partial charge < -0.3 is 10.4 Å². The van der Waals surface area contributed by atoms with Crippen LogP contribution < -0.4 is 5.32 Å². The van der Waals surface area contributed by atoms with Gasteiger partial charge in [-0.3, -0.25) is 0 Å². The summed E-state index contributed by atoms with van der Waals surface area (Å²) in [6.07, 6.45) is 1.38. The second kappa shape index (κ2) is 6.33. The third-order valence-electron chi connectivity index (χ3n) is 3.07. The van der Waals surface area contributed by atoms with Crippen molar-refractivity contribution in [2.75, 3.05) is 6.54 Å². The summed E-state index contributed by atoms with van der Waals surface area (Å²) in [6, 6.07) is 0.461. The molecule has 0 saturated carbocycles. The van der Waals surface area contributed by atoms with E-state index in [1.807, 2.05) is 6.92 Å². The molecule has 1 aromatic rings. The third-order valence-corrected chi connectivity index (χ3v) is 3.92. The van der Waals surface area contributed by atoms with Gasteiger partial charge in [-0.15, -0.1) is 11.3 Å². The normalized spacial score (nSPS) is 15.8. The zero-order chi connectivity index (χ0) is 14.7. The minimum absolute atomic E-state index is 0.0831. The lowest BCUT2D eigenvalue weighted by atomic mass is 9.93. The molecule has 1 heterocycles. The number of nitrogens with one attached hydrogen (secondary N) is 1. The van der Waals surface area contributed by atoms with Gasteiger partial charge >= 0.3 is 0 Å². The van der Waals surface area contributed by atoms with Crippen LogP contribution in [0.1, 0.15) is 58.7 Å². The summed E-state index contributed by atoms with van der Waals surface area (Å²) in [5, 5.41) is 16.9. The van der Waals surface area contributed by atoms with Crippen LogP contribution in [0.4, 0.5) is 0 Å². The maximum absolute atomic E-state index is 10.4. The first kappa shape index (κ1) is 16.6. The highest BCUT2D eigenvalue weighted by Gasteiger charge is 2.24. The van der Waals surface area contributed by atoms with Crippen molar-refractivity contribution in [3.05, 3.63) is 16.1 Å². The van der Waals surface area contributed by atoms with Crippen molar-refractivity contribution >= 4 is 11.3 Å². The lowest BCUT2D eigenvalue weighted by Gasteiger charge is -2.23. The second-order valence-electron chi connectivity index (χ2n) is 6.91. The molecule has 0 aliphatic heterocycles. The van der Waals surface area contributed by atoms with Crippen LogP contribution in [0.5, 0.6) is 0 Å². The number of nitrogens with zero attached hydrogens (tertiary/aromatic N) is 1. The van der Waals surface area contributed by atoms with E-state index in [9.17, 15) is 5.11 Å². The van der Waals surface area contributed by atoms with Crippen LogP contribution in [0, 0.1) is 0 Å². The predicted molar refractivity (Wildman–Crippen MR) is 82.9 cm³/mol. The number of aromatic nitrogens is 1. The molecule has 3 nitrogen and oxygen atoms in total. The van der Waals surface area contributed by atoms with Gasteiger partial charge in [0.05, 0.1) is 16.3 Å². The van der Waals surface area contributed by atoms with Crippen molar-refractivity contribution in [2.45, 2.75) is 71.4 Å². The fraction of sp³-hybridized carbons (Fsp3) is 0.800. The number of aliphatic hydroxyl groups is 1. The Hall–Kier alpha value is -0.450. The van der Waals surface area contributed by atoms with E-state index >= 15 is 0 Å². The summed E-state index contributed by atoms with van der Waals surface area (Å²) in [6.45, 7) is 13.5. The molecule has 1 rings (SSSR count). The lowest BCUT2D eigenvalue weighted by Crippen LogP contribution is -2.34. The second-order valence-corrected chi connectivity index (χ2v) is 7.85. The van der Waals surface area contributed by atoms with Crippen molar-refractivity contribution < 1.29 is 5.11 Å². The minimum atomic E-state index is -0.686. The van der Waals surface area contributed by atoms with Crippen LogP contribution >= 0.6 is 11.3 Å². The Morgan fingerprint density at radius 3 is 2.42 bits per heavy atom. The highest BCUT2D eigenvalue weighted by atomic mass is 32.1. The number of thiazole rings is 1.